The number of rotatable bonds is 3. The van der Waals surface area contributed by atoms with E-state index in [1.54, 1.807) is 12.4 Å². The highest BCUT2D eigenvalue weighted by atomic mass is 16.2. The normalized spacial score (nSPS) is 15.1. The quantitative estimate of drug-likeness (QED) is 0.681. The van der Waals surface area contributed by atoms with E-state index < -0.39 is 0 Å². The van der Waals surface area contributed by atoms with E-state index in [0.29, 0.717) is 19.6 Å². The molecule has 0 aromatic carbocycles. The number of piperazine rings is 1. The molecule has 1 fully saturated rings. The molecule has 9 heteroatoms. The van der Waals surface area contributed by atoms with Crippen LogP contribution in [0.5, 0.6) is 0 Å². The molecule has 4 heterocycles. The van der Waals surface area contributed by atoms with Crippen LogP contribution in [-0.2, 0) is 11.3 Å². The fraction of sp³-hybridized carbons (Fsp3) is 0.438. The Morgan fingerprint density at radius 1 is 1.00 bits per heavy atom. The van der Waals surface area contributed by atoms with Crippen LogP contribution >= 0.6 is 0 Å². The number of nitrogens with zero attached hydrogens (tertiary/aromatic N) is 8. The molecule has 3 aromatic heterocycles. The van der Waals surface area contributed by atoms with Crippen LogP contribution in [0.15, 0.2) is 24.8 Å². The number of aryl methyl sites for hydroxylation is 2. The van der Waals surface area contributed by atoms with Crippen LogP contribution in [0, 0.1) is 13.8 Å². The first-order valence-electron chi connectivity index (χ1n) is 8.30. The van der Waals surface area contributed by atoms with Crippen LogP contribution in [0.2, 0.25) is 0 Å². The van der Waals surface area contributed by atoms with Gasteiger partial charge in [0.05, 0.1) is 0 Å². The lowest BCUT2D eigenvalue weighted by Crippen LogP contribution is -2.50. The van der Waals surface area contributed by atoms with E-state index in [0.717, 1.165) is 36.2 Å². The Labute approximate surface area is 144 Å². The summed E-state index contributed by atoms with van der Waals surface area (Å²) in [6.07, 6.45) is 7.18. The molecule has 0 aliphatic carbocycles. The number of anilines is 1. The number of hydrogen-bond donors (Lipinski definition) is 0. The smallest absolute Gasteiger partial charge is 0.242 e. The lowest BCUT2D eigenvalue weighted by Gasteiger charge is -2.35. The first-order chi connectivity index (χ1) is 12.1. The molecule has 4 rings (SSSR count). The van der Waals surface area contributed by atoms with Crippen LogP contribution in [0.4, 0.5) is 5.82 Å². The molecule has 0 radical (unpaired) electrons. The Morgan fingerprint density at radius 3 is 2.48 bits per heavy atom. The molecule has 9 nitrogen and oxygen atoms in total. The molecule has 1 amide bonds. The highest BCUT2D eigenvalue weighted by Crippen LogP contribution is 2.19. The highest BCUT2D eigenvalue weighted by molar-refractivity contribution is 5.76. The van der Waals surface area contributed by atoms with Crippen LogP contribution in [0.3, 0.4) is 0 Å². The van der Waals surface area contributed by atoms with Gasteiger partial charge in [0.15, 0.2) is 5.82 Å². The fourth-order valence-corrected chi connectivity index (χ4v) is 3.14. The topological polar surface area (TPSA) is 84.5 Å². The molecular weight excluding hydrogens is 320 g/mol. The minimum absolute atomic E-state index is 0.116. The molecule has 1 aliphatic heterocycles. The second-order valence-corrected chi connectivity index (χ2v) is 6.16. The SMILES string of the molecule is Cc1nccn1CC(=O)N1CCN(c2nccn3c(C)nnc23)CC1. The number of carbonyl (C=O) groups is 1. The lowest BCUT2D eigenvalue weighted by atomic mass is 10.3. The molecule has 1 saturated heterocycles. The average Bonchev–Trinajstić information content (AvgIpc) is 3.21. The molecule has 0 N–H and O–H groups in total. The first kappa shape index (κ1) is 15.6. The highest BCUT2D eigenvalue weighted by Gasteiger charge is 2.24. The Bertz CT molecular complexity index is 906. The van der Waals surface area contributed by atoms with Crippen molar-refractivity contribution < 1.29 is 4.79 Å². The van der Waals surface area contributed by atoms with E-state index in [2.05, 4.69) is 25.1 Å². The maximum atomic E-state index is 12.5. The van der Waals surface area contributed by atoms with Gasteiger partial charge in [0, 0.05) is 51.0 Å². The number of carbonyl (C=O) groups excluding carboxylic acids is 1. The van der Waals surface area contributed by atoms with Gasteiger partial charge in [-0.1, -0.05) is 0 Å². The van der Waals surface area contributed by atoms with Crippen molar-refractivity contribution >= 4 is 17.4 Å². The zero-order valence-corrected chi connectivity index (χ0v) is 14.3. The second kappa shape index (κ2) is 6.15. The standard InChI is InChI=1S/C16H20N8O/c1-12-17-3-5-23(12)11-14(25)21-7-9-22(10-8-21)15-16-20-19-13(2)24(16)6-4-18-15/h3-6H,7-11H2,1-2H3. The molecule has 0 saturated carbocycles. The molecule has 1 aliphatic rings. The third kappa shape index (κ3) is 2.81. The number of fused-ring (bicyclic) bond motifs is 1. The summed E-state index contributed by atoms with van der Waals surface area (Å²) in [6.45, 7) is 6.95. The van der Waals surface area contributed by atoms with Crippen LogP contribution in [0.25, 0.3) is 5.65 Å². The molecular formula is C16H20N8O. The monoisotopic (exact) mass is 340 g/mol. The number of imidazole rings is 1. The van der Waals surface area contributed by atoms with Crippen molar-refractivity contribution in [3.8, 4) is 0 Å². The third-order valence-electron chi connectivity index (χ3n) is 4.64. The van der Waals surface area contributed by atoms with Gasteiger partial charge in [0.2, 0.25) is 11.6 Å². The second-order valence-electron chi connectivity index (χ2n) is 6.16. The van der Waals surface area contributed by atoms with Gasteiger partial charge in [-0.3, -0.25) is 9.20 Å². The Kier molecular flexibility index (Phi) is 3.83. The summed E-state index contributed by atoms with van der Waals surface area (Å²) in [5.74, 6) is 2.62. The Morgan fingerprint density at radius 2 is 1.76 bits per heavy atom. The van der Waals surface area contributed by atoms with Gasteiger partial charge in [-0.25, -0.2) is 9.97 Å². The molecule has 0 spiro atoms. The third-order valence-corrected chi connectivity index (χ3v) is 4.64. The average molecular weight is 340 g/mol. The van der Waals surface area contributed by atoms with E-state index in [1.165, 1.54) is 0 Å². The van der Waals surface area contributed by atoms with Crippen molar-refractivity contribution in [2.24, 2.45) is 0 Å². The molecule has 0 atom stereocenters. The minimum atomic E-state index is 0.116. The Hall–Kier alpha value is -2.97. The van der Waals surface area contributed by atoms with Crippen molar-refractivity contribution in [3.63, 3.8) is 0 Å². The van der Waals surface area contributed by atoms with Gasteiger partial charge < -0.3 is 14.4 Å². The van der Waals surface area contributed by atoms with E-state index >= 15 is 0 Å². The maximum absolute atomic E-state index is 12.5. The summed E-state index contributed by atoms with van der Waals surface area (Å²) in [4.78, 5) is 25.2. The van der Waals surface area contributed by atoms with Crippen molar-refractivity contribution in [2.75, 3.05) is 31.1 Å². The van der Waals surface area contributed by atoms with Gasteiger partial charge >= 0.3 is 0 Å². The summed E-state index contributed by atoms with van der Waals surface area (Å²) in [5.41, 5.74) is 0.758. The van der Waals surface area contributed by atoms with Gasteiger partial charge in [0.25, 0.3) is 0 Å². The number of amides is 1. The largest absolute Gasteiger partial charge is 0.350 e. The van der Waals surface area contributed by atoms with E-state index in [-0.39, 0.29) is 5.91 Å². The van der Waals surface area contributed by atoms with Crippen molar-refractivity contribution in [3.05, 3.63) is 36.4 Å². The first-order valence-corrected chi connectivity index (χ1v) is 8.30. The number of aromatic nitrogens is 6. The lowest BCUT2D eigenvalue weighted by molar-refractivity contribution is -0.132. The molecule has 25 heavy (non-hydrogen) atoms. The van der Waals surface area contributed by atoms with Crippen molar-refractivity contribution in [2.45, 2.75) is 20.4 Å². The predicted molar refractivity (Wildman–Crippen MR) is 91.3 cm³/mol. The predicted octanol–water partition coefficient (Wildman–Crippen LogP) is 0.286. The molecule has 3 aromatic rings. The van der Waals surface area contributed by atoms with Gasteiger partial charge in [-0.15, -0.1) is 10.2 Å². The maximum Gasteiger partial charge on any atom is 0.242 e. The Balaban J connectivity index is 1.44. The van der Waals surface area contributed by atoms with E-state index in [1.807, 2.05) is 40.1 Å². The van der Waals surface area contributed by atoms with E-state index in [9.17, 15) is 4.79 Å². The summed E-state index contributed by atoms with van der Waals surface area (Å²) in [7, 11) is 0. The minimum Gasteiger partial charge on any atom is -0.350 e. The van der Waals surface area contributed by atoms with E-state index in [4.69, 9.17) is 0 Å². The summed E-state index contributed by atoms with van der Waals surface area (Å²) in [6, 6.07) is 0. The van der Waals surface area contributed by atoms with Gasteiger partial charge in [-0.2, -0.15) is 0 Å². The van der Waals surface area contributed by atoms with Crippen LogP contribution in [0.1, 0.15) is 11.6 Å². The van der Waals surface area contributed by atoms with Crippen molar-refractivity contribution in [1.82, 2.24) is 34.0 Å². The summed E-state index contributed by atoms with van der Waals surface area (Å²) in [5, 5.41) is 8.34. The fourth-order valence-electron chi connectivity index (χ4n) is 3.14. The zero-order chi connectivity index (χ0) is 17.4. The molecule has 0 bridgehead atoms. The zero-order valence-electron chi connectivity index (χ0n) is 14.3. The van der Waals surface area contributed by atoms with Gasteiger partial charge in [0.1, 0.15) is 18.2 Å². The van der Waals surface area contributed by atoms with Crippen LogP contribution in [-0.4, -0.2) is 66.1 Å². The van der Waals surface area contributed by atoms with Crippen molar-refractivity contribution in [1.29, 1.82) is 0 Å². The molecule has 130 valence electrons. The van der Waals surface area contributed by atoms with Crippen LogP contribution < -0.4 is 4.90 Å². The molecule has 0 unspecified atom stereocenters. The summed E-state index contributed by atoms with van der Waals surface area (Å²) >= 11 is 0. The van der Waals surface area contributed by atoms with Gasteiger partial charge in [-0.05, 0) is 13.8 Å². The summed E-state index contributed by atoms with van der Waals surface area (Å²) < 4.78 is 3.80. The number of hydrogen-bond acceptors (Lipinski definition) is 6.